The van der Waals surface area contributed by atoms with Crippen molar-refractivity contribution in [3.8, 4) is 11.1 Å². The second kappa shape index (κ2) is 14.3. The molecule has 4 heterocycles. The molecular weight excluding hydrogens is 692 g/mol. The van der Waals surface area contributed by atoms with E-state index in [1.165, 1.54) is 0 Å². The third-order valence-corrected chi connectivity index (χ3v) is 15.2. The Balaban J connectivity index is 1.25. The van der Waals surface area contributed by atoms with Gasteiger partial charge in [-0.25, -0.2) is 14.6 Å². The van der Waals surface area contributed by atoms with Gasteiger partial charge >= 0.3 is 12.1 Å². The average Bonchev–Trinajstić information content (AvgIpc) is 3.74. The molecular formula is C40H51ClN6O4Si. The third-order valence-electron chi connectivity index (χ3n) is 9.86. The number of ether oxygens (including phenoxy) is 1. The first-order chi connectivity index (χ1) is 24.5. The number of aromatic nitrogens is 3. The van der Waals surface area contributed by atoms with Crippen LogP contribution in [-0.2, 0) is 22.1 Å². The fourth-order valence-corrected chi connectivity index (χ4v) is 12.5. The van der Waals surface area contributed by atoms with Gasteiger partial charge in [0.15, 0.2) is 0 Å². The van der Waals surface area contributed by atoms with Gasteiger partial charge < -0.3 is 19.4 Å². The van der Waals surface area contributed by atoms with Crippen LogP contribution in [0.5, 0.6) is 0 Å². The van der Waals surface area contributed by atoms with Gasteiger partial charge in [-0.1, -0.05) is 107 Å². The van der Waals surface area contributed by atoms with E-state index in [0.717, 1.165) is 40.2 Å². The molecule has 276 valence electrons. The van der Waals surface area contributed by atoms with Gasteiger partial charge in [-0.3, -0.25) is 10.00 Å². The summed E-state index contributed by atoms with van der Waals surface area (Å²) in [4.78, 5) is 33.0. The van der Waals surface area contributed by atoms with Crippen LogP contribution in [0.3, 0.4) is 0 Å². The van der Waals surface area contributed by atoms with E-state index in [-0.39, 0.29) is 29.0 Å². The number of fused-ring (bicyclic) bond motifs is 1. The molecule has 2 unspecified atom stereocenters. The fourth-order valence-electron chi connectivity index (χ4n) is 7.54. The number of halogens is 1. The lowest BCUT2D eigenvalue weighted by atomic mass is 9.89. The largest absolute Gasteiger partial charge is 0.444 e. The molecule has 0 saturated carbocycles. The van der Waals surface area contributed by atoms with Gasteiger partial charge in [-0.05, 0) is 54.1 Å². The predicted octanol–water partition coefficient (Wildman–Crippen LogP) is 7.11. The molecule has 52 heavy (non-hydrogen) atoms. The van der Waals surface area contributed by atoms with E-state index >= 15 is 0 Å². The minimum Gasteiger partial charge on any atom is -0.444 e. The number of rotatable bonds is 8. The van der Waals surface area contributed by atoms with E-state index in [1.807, 2.05) is 43.8 Å². The van der Waals surface area contributed by atoms with Crippen LogP contribution in [0.15, 0.2) is 79.1 Å². The summed E-state index contributed by atoms with van der Waals surface area (Å²) >= 11 is 6.63. The number of likely N-dealkylation sites (tertiary alicyclic amines) is 1. The number of pyridine rings is 1. The normalized spacial score (nSPS) is 18.6. The minimum atomic E-state index is -2.98. The van der Waals surface area contributed by atoms with E-state index in [0.29, 0.717) is 23.9 Å². The van der Waals surface area contributed by atoms with Crippen molar-refractivity contribution in [2.45, 2.75) is 85.1 Å². The lowest BCUT2D eigenvalue weighted by Crippen LogP contribution is -2.68. The Morgan fingerprint density at radius 1 is 0.942 bits per heavy atom. The standard InChI is InChI=1S/C40H51ClN6O4Si/c1-38(2,3)50-37(49)46-24-27(34(25-46)51-52(39(4,5)6,28-15-11-9-12-16-28)29-17-13-10-14-18-29)21-43-36(48)45-35-19-30(32(41)23-42-35)31-22-44-47-26-40(7,8)20-33(31)47/h9-19,22-23,27,34H,20-21,24-26H2,1-8H3,(H2,42,43,45,48). The number of carbonyl (C=O) groups excluding carboxylic acids is 2. The Morgan fingerprint density at radius 2 is 1.58 bits per heavy atom. The summed E-state index contributed by atoms with van der Waals surface area (Å²) in [6, 6.07) is 22.2. The van der Waals surface area contributed by atoms with Crippen LogP contribution >= 0.6 is 11.6 Å². The molecule has 3 amide bonds. The predicted molar refractivity (Wildman–Crippen MR) is 209 cm³/mol. The molecule has 1 fully saturated rings. The molecule has 2 aromatic carbocycles. The first-order valence-electron chi connectivity index (χ1n) is 18.0. The molecule has 0 spiro atoms. The van der Waals surface area contributed by atoms with Crippen molar-refractivity contribution in [2.75, 3.05) is 25.0 Å². The molecule has 0 radical (unpaired) electrons. The summed E-state index contributed by atoms with van der Waals surface area (Å²) in [6.07, 6.45) is 3.48. The van der Waals surface area contributed by atoms with Gasteiger partial charge in [0.25, 0.3) is 8.32 Å². The monoisotopic (exact) mass is 742 g/mol. The molecule has 2 aliphatic heterocycles. The lowest BCUT2D eigenvalue weighted by Gasteiger charge is -2.45. The molecule has 2 aliphatic rings. The quantitative estimate of drug-likeness (QED) is 0.186. The van der Waals surface area contributed by atoms with Gasteiger partial charge in [-0.15, -0.1) is 0 Å². The van der Waals surface area contributed by atoms with Crippen LogP contribution in [0.1, 0.15) is 61.1 Å². The van der Waals surface area contributed by atoms with Gasteiger partial charge in [0.05, 0.1) is 17.3 Å². The first kappa shape index (κ1) is 37.6. The summed E-state index contributed by atoms with van der Waals surface area (Å²) in [7, 11) is -2.98. The Hall–Kier alpha value is -4.19. The molecule has 0 aliphatic carbocycles. The highest BCUT2D eigenvalue weighted by molar-refractivity contribution is 6.99. The van der Waals surface area contributed by atoms with Crippen LogP contribution in [0, 0.1) is 11.3 Å². The van der Waals surface area contributed by atoms with Crippen molar-refractivity contribution in [3.63, 3.8) is 0 Å². The number of urea groups is 1. The number of nitrogens with zero attached hydrogens (tertiary/aromatic N) is 4. The maximum Gasteiger partial charge on any atom is 0.410 e. The highest BCUT2D eigenvalue weighted by Gasteiger charge is 2.53. The average molecular weight is 743 g/mol. The second-order valence-electron chi connectivity index (χ2n) is 16.9. The van der Waals surface area contributed by atoms with E-state index in [9.17, 15) is 9.59 Å². The van der Waals surface area contributed by atoms with Crippen molar-refractivity contribution >= 4 is 48.2 Å². The van der Waals surface area contributed by atoms with Gasteiger partial charge in [0.1, 0.15) is 11.4 Å². The highest BCUT2D eigenvalue weighted by atomic mass is 35.5. The number of amides is 3. The molecule has 4 aromatic rings. The Kier molecular flexibility index (Phi) is 10.3. The molecule has 1 saturated heterocycles. The van der Waals surface area contributed by atoms with Gasteiger partial charge in [0, 0.05) is 55.1 Å². The van der Waals surface area contributed by atoms with Crippen LogP contribution in [0.2, 0.25) is 10.1 Å². The highest BCUT2D eigenvalue weighted by Crippen LogP contribution is 2.41. The second-order valence-corrected chi connectivity index (χ2v) is 21.5. The molecule has 6 rings (SSSR count). The van der Waals surface area contributed by atoms with Gasteiger partial charge in [0.2, 0.25) is 0 Å². The number of nitrogens with one attached hydrogen (secondary N) is 2. The summed E-state index contributed by atoms with van der Waals surface area (Å²) in [5.74, 6) is 0.156. The fraction of sp³-hybridized carbons (Fsp3) is 0.450. The number of carbonyl (C=O) groups is 2. The van der Waals surface area contributed by atoms with Crippen molar-refractivity contribution < 1.29 is 18.8 Å². The van der Waals surface area contributed by atoms with E-state index in [4.69, 9.17) is 20.8 Å². The summed E-state index contributed by atoms with van der Waals surface area (Å²) < 4.78 is 15.3. The zero-order valence-electron chi connectivity index (χ0n) is 31.5. The number of hydrogen-bond acceptors (Lipinski definition) is 6. The molecule has 2 aromatic heterocycles. The topological polar surface area (TPSA) is 111 Å². The molecule has 12 heteroatoms. The van der Waals surface area contributed by atoms with E-state index < -0.39 is 26.0 Å². The third kappa shape index (κ3) is 7.91. The summed E-state index contributed by atoms with van der Waals surface area (Å²) in [5.41, 5.74) is 2.29. The number of hydrogen-bond donors (Lipinski definition) is 2. The Labute approximate surface area is 313 Å². The summed E-state index contributed by atoms with van der Waals surface area (Å²) in [5, 5.41) is 13.1. The Bertz CT molecular complexity index is 1870. The van der Waals surface area contributed by atoms with Crippen molar-refractivity contribution in [1.29, 1.82) is 0 Å². The first-order valence-corrected chi connectivity index (χ1v) is 20.3. The van der Waals surface area contributed by atoms with Gasteiger partial charge in [-0.2, -0.15) is 5.10 Å². The van der Waals surface area contributed by atoms with E-state index in [1.54, 1.807) is 17.2 Å². The van der Waals surface area contributed by atoms with Crippen LogP contribution < -0.4 is 21.0 Å². The van der Waals surface area contributed by atoms with Crippen molar-refractivity contribution in [3.05, 3.63) is 89.8 Å². The minimum absolute atomic E-state index is 0.108. The molecule has 10 nitrogen and oxygen atoms in total. The zero-order chi connectivity index (χ0) is 37.5. The number of anilines is 1. The SMILES string of the molecule is CC1(C)Cc2c(-c3cc(NC(=O)NCC4CN(C(=O)OC(C)(C)C)CC4O[Si](c4ccccc4)(c4ccccc4)C(C)(C)C)ncc3Cl)cnn2C1. The number of benzene rings is 2. The Morgan fingerprint density at radius 3 is 2.17 bits per heavy atom. The van der Waals surface area contributed by atoms with E-state index in [2.05, 4.69) is 104 Å². The van der Waals surface area contributed by atoms with Crippen LogP contribution in [0.4, 0.5) is 15.4 Å². The van der Waals surface area contributed by atoms with Crippen LogP contribution in [-0.4, -0.2) is 71.4 Å². The molecule has 0 bridgehead atoms. The van der Waals surface area contributed by atoms with Crippen LogP contribution in [0.25, 0.3) is 11.1 Å². The lowest BCUT2D eigenvalue weighted by molar-refractivity contribution is 0.0273. The van der Waals surface area contributed by atoms with Crippen molar-refractivity contribution in [2.24, 2.45) is 11.3 Å². The zero-order valence-corrected chi connectivity index (χ0v) is 33.3. The maximum atomic E-state index is 13.5. The molecule has 2 atom stereocenters. The van der Waals surface area contributed by atoms with Crippen molar-refractivity contribution in [1.82, 2.24) is 25.0 Å². The smallest absolute Gasteiger partial charge is 0.410 e. The molecule has 2 N–H and O–H groups in total. The maximum absolute atomic E-state index is 13.5. The summed E-state index contributed by atoms with van der Waals surface area (Å²) in [6.45, 7) is 18.5.